The van der Waals surface area contributed by atoms with Gasteiger partial charge in [0.05, 0.1) is 347 Å². The highest BCUT2D eigenvalue weighted by Crippen LogP contribution is 2.35. The van der Waals surface area contributed by atoms with Gasteiger partial charge >= 0.3 is 12.1 Å². The number of amides is 3. The number of amidine groups is 1. The Morgan fingerprint density at radius 2 is 0.765 bits per heavy atom. The number of nitrogens with zero attached hydrogens (tertiary/aromatic N) is 3. The highest BCUT2D eigenvalue weighted by molar-refractivity contribution is 7.89. The summed E-state index contributed by atoms with van der Waals surface area (Å²) in [7, 11) is -3.82. The van der Waals surface area contributed by atoms with Crippen LogP contribution in [0.15, 0.2) is 64.0 Å². The number of nitrogens with one attached hydrogen (secondary N) is 2. The molecule has 0 aromatic heterocycles. The molecule has 1 fully saturated rings. The number of carbonyl (C=O) groups excluding carboxylic acids is 4. The molecule has 1 saturated heterocycles. The summed E-state index contributed by atoms with van der Waals surface area (Å²) in [5.41, 5.74) is 8.92. The Labute approximate surface area is 797 Å². The molecule has 3 amide bonds. The van der Waals surface area contributed by atoms with Gasteiger partial charge in [0.1, 0.15) is 11.4 Å². The van der Waals surface area contributed by atoms with Gasteiger partial charge in [0, 0.05) is 75.2 Å². The fraction of sp³-hybridized carbons (Fsp3) is 0.728. The number of aliphatic imine (C=N–C) groups is 1. The SMILES string of the molecule is CCCN(CCCNC(=O)OC(C)(C)C)C(=O)C1=Cc2ccc(-c3cccc(S(=O)(=O)N4CC(CNC(=O)CCOCCOCCOCCOCCOCCOCCOCCOCCOCCOCCOCCOCCOCCOCCOCCOCCOCCOCCOCCOCCOCCOCCOCCOCCOCCC(=O)Oc5c(F)c(F)cc(F)c5F)C4)c3)cc2N=C(N)C1. The molecular formula is C92H148F4N6O33S. The Balaban J connectivity index is 0.638. The molecule has 39 nitrogen and oxygen atoms in total. The van der Waals surface area contributed by atoms with Crippen LogP contribution in [0, 0.1) is 29.2 Å². The first-order valence-corrected chi connectivity index (χ1v) is 48.0. The van der Waals surface area contributed by atoms with Gasteiger partial charge in [0.25, 0.3) is 0 Å². The molecule has 136 heavy (non-hydrogen) atoms. The van der Waals surface area contributed by atoms with Crippen molar-refractivity contribution < 1.29 is 173 Å². The Morgan fingerprint density at radius 1 is 0.434 bits per heavy atom. The maximum absolute atomic E-state index is 13.9. The van der Waals surface area contributed by atoms with Crippen LogP contribution >= 0.6 is 0 Å². The lowest BCUT2D eigenvalue weighted by Gasteiger charge is -2.38. The smallest absolute Gasteiger partial charge is 0.407 e. The number of halogens is 4. The van der Waals surface area contributed by atoms with Gasteiger partial charge in [-0.2, -0.15) is 13.1 Å². The lowest BCUT2D eigenvalue weighted by molar-refractivity contribution is -0.136. The van der Waals surface area contributed by atoms with E-state index in [0.29, 0.717) is 352 Å². The number of fused-ring (bicyclic) bond motifs is 1. The van der Waals surface area contributed by atoms with Crippen LogP contribution in [0.1, 0.15) is 65.4 Å². The average molecular weight is 1970 g/mol. The molecule has 3 aromatic rings. The highest BCUT2D eigenvalue weighted by atomic mass is 32.2. The third kappa shape index (κ3) is 59.7. The van der Waals surface area contributed by atoms with Gasteiger partial charge in [-0.15, -0.1) is 0 Å². The summed E-state index contributed by atoms with van der Waals surface area (Å²) in [4.78, 5) is 56.8. The van der Waals surface area contributed by atoms with Gasteiger partial charge in [-0.25, -0.2) is 27.0 Å². The van der Waals surface area contributed by atoms with E-state index in [0.717, 1.165) is 12.0 Å². The van der Waals surface area contributed by atoms with E-state index >= 15 is 0 Å². The molecule has 2 aliphatic heterocycles. The maximum Gasteiger partial charge on any atom is 0.407 e. The lowest BCUT2D eigenvalue weighted by atomic mass is 10.0. The third-order valence-electron chi connectivity index (χ3n) is 18.8. The van der Waals surface area contributed by atoms with E-state index in [9.17, 15) is 45.2 Å². The molecule has 0 saturated carbocycles. The van der Waals surface area contributed by atoms with Crippen molar-refractivity contribution in [1.29, 1.82) is 0 Å². The summed E-state index contributed by atoms with van der Waals surface area (Å²) < 4.78 is 230. The van der Waals surface area contributed by atoms with Crippen LogP contribution in [-0.2, 0) is 148 Å². The molecule has 0 bridgehead atoms. The van der Waals surface area contributed by atoms with Crippen LogP contribution in [0.25, 0.3) is 17.2 Å². The minimum atomic E-state index is -3.82. The first-order chi connectivity index (χ1) is 66.2. The molecule has 44 heteroatoms. The highest BCUT2D eigenvalue weighted by Gasteiger charge is 2.37. The first-order valence-electron chi connectivity index (χ1n) is 46.5. The van der Waals surface area contributed by atoms with E-state index in [1.807, 2.05) is 31.2 Å². The number of carbonyl (C=O) groups is 4. The second kappa shape index (κ2) is 78.8. The van der Waals surface area contributed by atoms with Gasteiger partial charge in [0.15, 0.2) is 11.6 Å². The second-order valence-corrected chi connectivity index (χ2v) is 32.8. The van der Waals surface area contributed by atoms with Gasteiger partial charge in [0.2, 0.25) is 39.2 Å². The third-order valence-corrected chi connectivity index (χ3v) is 20.6. The van der Waals surface area contributed by atoms with Crippen LogP contribution in [0.5, 0.6) is 5.75 Å². The molecule has 0 atom stereocenters. The van der Waals surface area contributed by atoms with Crippen molar-refractivity contribution in [3.8, 4) is 16.9 Å². The zero-order valence-corrected chi connectivity index (χ0v) is 80.5. The number of alkyl carbamates (subject to hydrolysis) is 1. The molecule has 3 aromatic carbocycles. The average Bonchev–Trinajstić information content (AvgIpc) is 0.806. The van der Waals surface area contributed by atoms with Crippen molar-refractivity contribution in [3.05, 3.63) is 82.9 Å². The van der Waals surface area contributed by atoms with Crippen LogP contribution in [0.3, 0.4) is 0 Å². The standard InChI is InChI=1S/C92H148F4N6O33S/c1-5-15-101(16-7-14-98-91(106)135-92(2,3)4)90(105)79-67-78-11-10-77(69-83(78)100-84(97)70-79)76-8-6-9-80(68-76)136(107,108)102-73-75(74-102)72-99-85(103)12-17-109-19-21-111-23-25-113-27-29-115-31-33-117-35-37-119-39-41-121-43-45-123-47-49-125-51-53-127-55-57-129-59-61-131-63-65-133-66-64-132-62-60-130-58-56-128-54-52-126-50-48-124-46-44-122-42-40-120-38-36-118-34-32-116-30-28-114-26-24-112-22-20-110-18-13-86(104)134-89-87(95)81(93)71-82(94)88(89)96/h6,8-11,67-69,71,75H,5,7,12-66,70,72-74H2,1-4H3,(H2,97,100)(H,98,106)(H,99,103). The van der Waals surface area contributed by atoms with Crippen LogP contribution in [0.4, 0.5) is 28.0 Å². The summed E-state index contributed by atoms with van der Waals surface area (Å²) in [6.07, 6.45) is 2.48. The number of hydrogen-bond donors (Lipinski definition) is 3. The van der Waals surface area contributed by atoms with Crippen molar-refractivity contribution in [1.82, 2.24) is 19.8 Å². The fourth-order valence-electron chi connectivity index (χ4n) is 12.0. The molecule has 778 valence electrons. The Morgan fingerprint density at radius 3 is 1.10 bits per heavy atom. The quantitative estimate of drug-likeness (QED) is 0.0181. The van der Waals surface area contributed by atoms with Crippen molar-refractivity contribution in [2.24, 2.45) is 16.6 Å². The predicted octanol–water partition coefficient (Wildman–Crippen LogP) is 6.38. The molecule has 2 heterocycles. The van der Waals surface area contributed by atoms with E-state index in [1.54, 1.807) is 49.9 Å². The van der Waals surface area contributed by atoms with E-state index in [4.69, 9.17) is 129 Å². The summed E-state index contributed by atoms with van der Waals surface area (Å²) in [6, 6.07) is 12.3. The molecule has 0 radical (unpaired) electrons. The number of nitrogens with two attached hydrogens (primary N) is 1. The molecule has 0 unspecified atom stereocenters. The Bertz CT molecular complexity index is 3770. The van der Waals surface area contributed by atoms with Gasteiger partial charge in [-0.05, 0) is 69.0 Å². The minimum absolute atomic E-state index is 0.0143. The number of sulfonamides is 1. The Hall–Kier alpha value is -6.82. The molecule has 4 N–H and O–H groups in total. The Kier molecular flexibility index (Phi) is 69.4. The monoisotopic (exact) mass is 1970 g/mol. The van der Waals surface area contributed by atoms with E-state index < -0.39 is 63.1 Å². The fourth-order valence-corrected chi connectivity index (χ4v) is 13.6. The molecule has 0 spiro atoms. The normalized spacial score (nSPS) is 13.1. The summed E-state index contributed by atoms with van der Waals surface area (Å²) >= 11 is 0. The van der Waals surface area contributed by atoms with E-state index in [-0.39, 0.29) is 93.5 Å². The van der Waals surface area contributed by atoms with Gasteiger partial charge < -0.3 is 149 Å². The molecular weight excluding hydrogens is 1830 g/mol. The molecule has 2 aliphatic rings. The van der Waals surface area contributed by atoms with Crippen molar-refractivity contribution in [3.63, 3.8) is 0 Å². The van der Waals surface area contributed by atoms with Crippen molar-refractivity contribution in [2.75, 3.05) is 370 Å². The number of ether oxygens (including phenoxy) is 27. The maximum atomic E-state index is 13.9. The second-order valence-electron chi connectivity index (χ2n) is 30.9. The van der Waals surface area contributed by atoms with Crippen molar-refractivity contribution in [2.45, 2.75) is 70.3 Å². The summed E-state index contributed by atoms with van der Waals surface area (Å²) in [5.74, 6) is -9.65. The first kappa shape index (κ1) is 120. The van der Waals surface area contributed by atoms with Crippen LogP contribution in [0.2, 0.25) is 0 Å². The molecule has 0 aliphatic carbocycles. The predicted molar refractivity (Wildman–Crippen MR) is 488 cm³/mol. The van der Waals surface area contributed by atoms with E-state index in [1.165, 1.54) is 4.31 Å². The number of benzene rings is 3. The minimum Gasteiger partial charge on any atom is -0.444 e. The lowest BCUT2D eigenvalue weighted by Crippen LogP contribution is -2.53. The van der Waals surface area contributed by atoms with Crippen LogP contribution < -0.4 is 21.1 Å². The zero-order valence-electron chi connectivity index (χ0n) is 79.7. The largest absolute Gasteiger partial charge is 0.444 e. The zero-order chi connectivity index (χ0) is 97.7. The van der Waals surface area contributed by atoms with E-state index in [2.05, 4.69) is 20.4 Å². The number of esters is 1. The van der Waals surface area contributed by atoms with Gasteiger partial charge in [-0.1, -0.05) is 31.2 Å². The van der Waals surface area contributed by atoms with Gasteiger partial charge in [-0.3, -0.25) is 14.4 Å². The molecule has 5 rings (SSSR count). The topological polar surface area (TPSA) is 421 Å². The van der Waals surface area contributed by atoms with Crippen LogP contribution in [-0.4, -0.2) is 423 Å². The summed E-state index contributed by atoms with van der Waals surface area (Å²) in [6.45, 7) is 29.4. The summed E-state index contributed by atoms with van der Waals surface area (Å²) in [5, 5.41) is 5.64. The van der Waals surface area contributed by atoms with Crippen molar-refractivity contribution >= 4 is 51.5 Å². The number of hydrogen-bond acceptors (Lipinski definition) is 35. The number of rotatable bonds is 91.